The highest BCUT2D eigenvalue weighted by Crippen LogP contribution is 2.12. The summed E-state index contributed by atoms with van der Waals surface area (Å²) in [6, 6.07) is 0. The Labute approximate surface area is 88.6 Å². The van der Waals surface area contributed by atoms with E-state index >= 15 is 0 Å². The largest absolute Gasteiger partial charge is 0.481 e. The monoisotopic (exact) mass is 215 g/mol. The van der Waals surface area contributed by atoms with Crippen LogP contribution in [0.25, 0.3) is 0 Å². The Bertz CT molecular complexity index is 250. The summed E-state index contributed by atoms with van der Waals surface area (Å²) >= 11 is 0. The summed E-state index contributed by atoms with van der Waals surface area (Å²) in [5.74, 6) is -3.02. The summed E-state index contributed by atoms with van der Waals surface area (Å²) < 4.78 is 0. The van der Waals surface area contributed by atoms with Gasteiger partial charge in [-0.1, -0.05) is 6.42 Å². The number of nitrogens with two attached hydrogens (primary N) is 1. The highest BCUT2D eigenvalue weighted by molar-refractivity contribution is 6.06. The molecule has 0 amide bonds. The fourth-order valence-electron chi connectivity index (χ4n) is 1.28. The normalized spacial score (nSPS) is 12.1. The molecule has 0 rings (SSSR count). The molecule has 0 saturated carbocycles. The molecular formula is C10H17NO4. The number of carboxylic acid groups (broad SMARTS) is 1. The third-order valence-electron chi connectivity index (χ3n) is 2.06. The van der Waals surface area contributed by atoms with Crippen LogP contribution in [0.3, 0.4) is 0 Å². The van der Waals surface area contributed by atoms with E-state index in [1.54, 1.807) is 0 Å². The molecule has 0 aromatic heterocycles. The van der Waals surface area contributed by atoms with E-state index in [4.69, 9.17) is 10.8 Å². The molecule has 0 saturated heterocycles. The fraction of sp³-hybridized carbons (Fsp3) is 0.700. The Morgan fingerprint density at radius 2 is 1.87 bits per heavy atom. The van der Waals surface area contributed by atoms with Crippen molar-refractivity contribution in [2.24, 2.45) is 11.7 Å². The number of carbonyl (C=O) groups is 3. The zero-order chi connectivity index (χ0) is 11.8. The molecule has 0 fully saturated rings. The Kier molecular flexibility index (Phi) is 6.53. The molecule has 1 atom stereocenters. The van der Waals surface area contributed by atoms with E-state index in [2.05, 4.69) is 0 Å². The molecule has 0 aliphatic heterocycles. The van der Waals surface area contributed by atoms with Crippen LogP contribution < -0.4 is 5.73 Å². The number of hydrogen-bond acceptors (Lipinski definition) is 4. The number of Topliss-reactive ketones (excluding diaryl/α,β-unsaturated/α-hetero) is 2. The van der Waals surface area contributed by atoms with Crippen molar-refractivity contribution in [3.05, 3.63) is 0 Å². The first-order valence-corrected chi connectivity index (χ1v) is 4.94. The molecule has 86 valence electrons. The lowest BCUT2D eigenvalue weighted by Gasteiger charge is -2.09. The van der Waals surface area contributed by atoms with Crippen LogP contribution in [-0.4, -0.2) is 29.2 Å². The third kappa shape index (κ3) is 5.96. The summed E-state index contributed by atoms with van der Waals surface area (Å²) in [6.07, 6.45) is 1.26. The molecule has 0 aliphatic rings. The molecule has 3 N–H and O–H groups in total. The van der Waals surface area contributed by atoms with Crippen molar-refractivity contribution in [1.82, 2.24) is 0 Å². The van der Waals surface area contributed by atoms with Crippen molar-refractivity contribution in [1.29, 1.82) is 0 Å². The molecule has 5 nitrogen and oxygen atoms in total. The van der Waals surface area contributed by atoms with Crippen LogP contribution in [0.5, 0.6) is 0 Å². The fourth-order valence-corrected chi connectivity index (χ4v) is 1.28. The van der Waals surface area contributed by atoms with Gasteiger partial charge in [0.1, 0.15) is 11.7 Å². The van der Waals surface area contributed by atoms with Gasteiger partial charge < -0.3 is 10.8 Å². The Balaban J connectivity index is 4.19. The second-order valence-electron chi connectivity index (χ2n) is 3.52. The van der Waals surface area contributed by atoms with Crippen LogP contribution in [0.4, 0.5) is 0 Å². The minimum Gasteiger partial charge on any atom is -0.481 e. The van der Waals surface area contributed by atoms with Gasteiger partial charge >= 0.3 is 5.97 Å². The SMILES string of the molecule is CC(=O)CC(=O)C(CCCCN)C(=O)O. The van der Waals surface area contributed by atoms with Gasteiger partial charge in [0.2, 0.25) is 0 Å². The van der Waals surface area contributed by atoms with Gasteiger partial charge in [-0.05, 0) is 26.3 Å². The van der Waals surface area contributed by atoms with Gasteiger partial charge in [-0.15, -0.1) is 0 Å². The molecule has 0 aliphatic carbocycles. The van der Waals surface area contributed by atoms with Crippen LogP contribution in [0, 0.1) is 5.92 Å². The molecule has 15 heavy (non-hydrogen) atoms. The highest BCUT2D eigenvalue weighted by atomic mass is 16.4. The standard InChI is InChI=1S/C10H17NO4/c1-7(12)6-9(13)8(10(14)15)4-2-3-5-11/h8H,2-6,11H2,1H3,(H,14,15). The van der Waals surface area contributed by atoms with Gasteiger partial charge in [-0.25, -0.2) is 0 Å². The average Bonchev–Trinajstić information content (AvgIpc) is 2.10. The maximum atomic E-state index is 11.4. The second-order valence-corrected chi connectivity index (χ2v) is 3.52. The number of carboxylic acids is 1. The number of unbranched alkanes of at least 4 members (excludes halogenated alkanes) is 1. The smallest absolute Gasteiger partial charge is 0.314 e. The molecular weight excluding hydrogens is 198 g/mol. The lowest BCUT2D eigenvalue weighted by atomic mass is 9.94. The molecule has 0 radical (unpaired) electrons. The van der Waals surface area contributed by atoms with Crippen LogP contribution in [-0.2, 0) is 14.4 Å². The number of aliphatic carboxylic acids is 1. The summed E-state index contributed by atoms with van der Waals surface area (Å²) in [4.78, 5) is 32.8. The number of hydrogen-bond donors (Lipinski definition) is 2. The predicted molar refractivity (Wildman–Crippen MR) is 54.3 cm³/mol. The van der Waals surface area contributed by atoms with E-state index in [1.807, 2.05) is 0 Å². The van der Waals surface area contributed by atoms with E-state index in [1.165, 1.54) is 6.92 Å². The van der Waals surface area contributed by atoms with Crippen LogP contribution in [0.2, 0.25) is 0 Å². The van der Waals surface area contributed by atoms with Crippen LogP contribution >= 0.6 is 0 Å². The Morgan fingerprint density at radius 1 is 1.27 bits per heavy atom. The second kappa shape index (κ2) is 7.11. The van der Waals surface area contributed by atoms with Gasteiger partial charge in [0.15, 0.2) is 5.78 Å². The zero-order valence-electron chi connectivity index (χ0n) is 8.86. The number of ketones is 2. The molecule has 0 bridgehead atoms. The maximum Gasteiger partial charge on any atom is 0.314 e. The molecule has 0 aromatic carbocycles. The topological polar surface area (TPSA) is 97.5 Å². The van der Waals surface area contributed by atoms with Crippen molar-refractivity contribution in [2.75, 3.05) is 6.54 Å². The van der Waals surface area contributed by atoms with Gasteiger partial charge in [-0.3, -0.25) is 14.4 Å². The number of carbonyl (C=O) groups excluding carboxylic acids is 2. The first-order chi connectivity index (χ1) is 6.99. The van der Waals surface area contributed by atoms with Crippen molar-refractivity contribution in [2.45, 2.75) is 32.6 Å². The highest BCUT2D eigenvalue weighted by Gasteiger charge is 2.25. The van der Waals surface area contributed by atoms with E-state index in [9.17, 15) is 14.4 Å². The quantitative estimate of drug-likeness (QED) is 0.450. The summed E-state index contributed by atoms with van der Waals surface area (Å²) in [5, 5.41) is 8.79. The molecule has 0 spiro atoms. The average molecular weight is 215 g/mol. The Morgan fingerprint density at radius 3 is 2.27 bits per heavy atom. The number of rotatable bonds is 8. The molecule has 5 heteroatoms. The minimum absolute atomic E-state index is 0.263. The predicted octanol–water partition coefficient (Wildman–Crippen LogP) is 0.364. The van der Waals surface area contributed by atoms with Gasteiger partial charge in [0.25, 0.3) is 0 Å². The Hall–Kier alpha value is -1.23. The van der Waals surface area contributed by atoms with E-state index in [0.717, 1.165) is 0 Å². The lowest BCUT2D eigenvalue weighted by molar-refractivity contribution is -0.146. The van der Waals surface area contributed by atoms with Crippen LogP contribution in [0.15, 0.2) is 0 Å². The molecule has 0 heterocycles. The summed E-state index contributed by atoms with van der Waals surface area (Å²) in [7, 11) is 0. The lowest BCUT2D eigenvalue weighted by Crippen LogP contribution is -2.25. The zero-order valence-corrected chi connectivity index (χ0v) is 8.86. The maximum absolute atomic E-state index is 11.4. The van der Waals surface area contributed by atoms with Crippen molar-refractivity contribution in [3.8, 4) is 0 Å². The van der Waals surface area contributed by atoms with E-state index < -0.39 is 17.7 Å². The minimum atomic E-state index is -1.15. The summed E-state index contributed by atoms with van der Waals surface area (Å²) in [6.45, 7) is 1.75. The first kappa shape index (κ1) is 13.8. The first-order valence-electron chi connectivity index (χ1n) is 4.94. The van der Waals surface area contributed by atoms with Crippen molar-refractivity contribution in [3.63, 3.8) is 0 Å². The third-order valence-corrected chi connectivity index (χ3v) is 2.06. The van der Waals surface area contributed by atoms with Crippen molar-refractivity contribution < 1.29 is 19.5 Å². The van der Waals surface area contributed by atoms with Crippen molar-refractivity contribution >= 4 is 17.5 Å². The van der Waals surface area contributed by atoms with E-state index in [-0.39, 0.29) is 18.6 Å². The molecule has 1 unspecified atom stereocenters. The van der Waals surface area contributed by atoms with Gasteiger partial charge in [0, 0.05) is 0 Å². The molecule has 0 aromatic rings. The van der Waals surface area contributed by atoms with Gasteiger partial charge in [0.05, 0.1) is 6.42 Å². The van der Waals surface area contributed by atoms with Gasteiger partial charge in [-0.2, -0.15) is 0 Å². The summed E-state index contributed by atoms with van der Waals surface area (Å²) in [5.41, 5.74) is 5.26. The van der Waals surface area contributed by atoms with Crippen LogP contribution in [0.1, 0.15) is 32.6 Å². The van der Waals surface area contributed by atoms with E-state index in [0.29, 0.717) is 19.4 Å².